The van der Waals surface area contributed by atoms with Gasteiger partial charge in [-0.2, -0.15) is 4.68 Å². The molecule has 0 radical (unpaired) electrons. The molecule has 0 aliphatic carbocycles. The molecule has 2 aromatic carbocycles. The number of hydrogen-bond acceptors (Lipinski definition) is 7. The zero-order valence-electron chi connectivity index (χ0n) is 17.1. The van der Waals surface area contributed by atoms with Gasteiger partial charge in [-0.3, -0.25) is 9.69 Å². The third-order valence-corrected chi connectivity index (χ3v) is 5.10. The van der Waals surface area contributed by atoms with Gasteiger partial charge in [0, 0.05) is 32.2 Å². The summed E-state index contributed by atoms with van der Waals surface area (Å²) >= 11 is 0. The number of nitrogens with zero attached hydrogens (tertiary/aromatic N) is 6. The number of amides is 1. The topological polar surface area (TPSA) is 85.6 Å². The summed E-state index contributed by atoms with van der Waals surface area (Å²) in [5, 5.41) is 11.9. The molecule has 0 unspecified atom stereocenters. The van der Waals surface area contributed by atoms with E-state index in [-0.39, 0.29) is 18.3 Å². The summed E-state index contributed by atoms with van der Waals surface area (Å²) in [6.07, 6.45) is 0. The smallest absolute Gasteiger partial charge is 0.260 e. The van der Waals surface area contributed by atoms with Crippen LogP contribution in [0.15, 0.2) is 48.5 Å². The molecule has 0 N–H and O–H groups in total. The van der Waals surface area contributed by atoms with E-state index in [4.69, 9.17) is 9.47 Å². The van der Waals surface area contributed by atoms with E-state index >= 15 is 0 Å². The van der Waals surface area contributed by atoms with E-state index in [1.54, 1.807) is 41.0 Å². The summed E-state index contributed by atoms with van der Waals surface area (Å²) in [6.45, 7) is 3.10. The van der Waals surface area contributed by atoms with Crippen molar-refractivity contribution in [1.82, 2.24) is 30.0 Å². The monoisotopic (exact) mass is 426 g/mol. The standard InChI is InChI=1S/C21H23FN6O3/c1-30-18-3-2-4-19(13-18)31-15-21(29)27-11-9-26(10-12-27)14-20-23-24-25-28(20)17-7-5-16(22)6-8-17/h2-8,13H,9-12,14-15H2,1H3. The quantitative estimate of drug-likeness (QED) is 0.566. The molecular weight excluding hydrogens is 403 g/mol. The van der Waals surface area contributed by atoms with Crippen molar-refractivity contribution < 1.29 is 18.7 Å². The molecule has 9 nitrogen and oxygen atoms in total. The van der Waals surface area contributed by atoms with E-state index in [9.17, 15) is 9.18 Å². The van der Waals surface area contributed by atoms with Gasteiger partial charge in [-0.25, -0.2) is 4.39 Å². The molecule has 4 rings (SSSR count). The summed E-state index contributed by atoms with van der Waals surface area (Å²) in [6, 6.07) is 13.2. The van der Waals surface area contributed by atoms with Crippen molar-refractivity contribution in [3.8, 4) is 17.2 Å². The second kappa shape index (κ2) is 9.52. The lowest BCUT2D eigenvalue weighted by Gasteiger charge is -2.34. The van der Waals surface area contributed by atoms with Crippen LogP contribution in [0.3, 0.4) is 0 Å². The Labute approximate surface area is 179 Å². The minimum atomic E-state index is -0.311. The molecule has 0 bridgehead atoms. The molecule has 1 aromatic heterocycles. The van der Waals surface area contributed by atoms with Gasteiger partial charge in [-0.05, 0) is 46.8 Å². The number of rotatable bonds is 7. The van der Waals surface area contributed by atoms with Gasteiger partial charge in [0.25, 0.3) is 5.91 Å². The lowest BCUT2D eigenvalue weighted by molar-refractivity contribution is -0.135. The maximum absolute atomic E-state index is 13.2. The third-order valence-electron chi connectivity index (χ3n) is 5.10. The summed E-state index contributed by atoms with van der Waals surface area (Å²) in [5.41, 5.74) is 0.699. The molecule has 1 fully saturated rings. The fraction of sp³-hybridized carbons (Fsp3) is 0.333. The minimum Gasteiger partial charge on any atom is -0.497 e. The van der Waals surface area contributed by atoms with Crippen LogP contribution in [-0.4, -0.2) is 75.8 Å². The number of ether oxygens (including phenoxy) is 2. The highest BCUT2D eigenvalue weighted by atomic mass is 19.1. The van der Waals surface area contributed by atoms with Crippen LogP contribution < -0.4 is 9.47 Å². The summed E-state index contributed by atoms with van der Waals surface area (Å²) in [7, 11) is 1.59. The first-order valence-corrected chi connectivity index (χ1v) is 9.92. The van der Waals surface area contributed by atoms with Crippen LogP contribution in [0.2, 0.25) is 0 Å². The second-order valence-electron chi connectivity index (χ2n) is 7.11. The Morgan fingerprint density at radius 3 is 2.55 bits per heavy atom. The van der Waals surface area contributed by atoms with E-state index in [1.165, 1.54) is 12.1 Å². The number of piperazine rings is 1. The summed E-state index contributed by atoms with van der Waals surface area (Å²) in [4.78, 5) is 16.5. The molecule has 1 aliphatic heterocycles. The van der Waals surface area contributed by atoms with Gasteiger partial charge in [-0.15, -0.1) is 5.10 Å². The molecule has 3 aromatic rings. The summed E-state index contributed by atoms with van der Waals surface area (Å²) < 4.78 is 25.5. The van der Waals surface area contributed by atoms with E-state index in [2.05, 4.69) is 20.4 Å². The van der Waals surface area contributed by atoms with Gasteiger partial charge >= 0.3 is 0 Å². The lowest BCUT2D eigenvalue weighted by Crippen LogP contribution is -2.49. The van der Waals surface area contributed by atoms with Crippen molar-refractivity contribution in [2.45, 2.75) is 6.54 Å². The second-order valence-corrected chi connectivity index (χ2v) is 7.11. The zero-order chi connectivity index (χ0) is 21.6. The molecular formula is C21H23FN6O3. The van der Waals surface area contributed by atoms with Crippen LogP contribution >= 0.6 is 0 Å². The van der Waals surface area contributed by atoms with Crippen molar-refractivity contribution in [3.63, 3.8) is 0 Å². The molecule has 0 spiro atoms. The minimum absolute atomic E-state index is 0.0179. The van der Waals surface area contributed by atoms with E-state index in [0.717, 1.165) is 0 Å². The predicted molar refractivity (Wildman–Crippen MR) is 109 cm³/mol. The fourth-order valence-electron chi connectivity index (χ4n) is 3.37. The Kier molecular flexibility index (Phi) is 6.37. The number of carbonyl (C=O) groups is 1. The predicted octanol–water partition coefficient (Wildman–Crippen LogP) is 1.53. The first-order valence-electron chi connectivity index (χ1n) is 9.92. The van der Waals surface area contributed by atoms with Gasteiger partial charge in [0.15, 0.2) is 12.4 Å². The van der Waals surface area contributed by atoms with Gasteiger partial charge in [0.2, 0.25) is 0 Å². The molecule has 1 saturated heterocycles. The highest BCUT2D eigenvalue weighted by molar-refractivity contribution is 5.77. The average Bonchev–Trinajstić information content (AvgIpc) is 3.26. The highest BCUT2D eigenvalue weighted by Crippen LogP contribution is 2.19. The zero-order valence-corrected chi connectivity index (χ0v) is 17.1. The van der Waals surface area contributed by atoms with Gasteiger partial charge in [0.1, 0.15) is 17.3 Å². The van der Waals surface area contributed by atoms with E-state index in [1.807, 2.05) is 12.1 Å². The number of carbonyl (C=O) groups excluding carboxylic acids is 1. The Hall–Kier alpha value is -3.53. The Morgan fingerprint density at radius 2 is 1.81 bits per heavy atom. The van der Waals surface area contributed by atoms with Crippen molar-refractivity contribution in [2.24, 2.45) is 0 Å². The Bertz CT molecular complexity index is 1020. The van der Waals surface area contributed by atoms with Crippen molar-refractivity contribution in [1.29, 1.82) is 0 Å². The SMILES string of the molecule is COc1cccc(OCC(=O)N2CCN(Cc3nnnn3-c3ccc(F)cc3)CC2)c1. The van der Waals surface area contributed by atoms with Gasteiger partial charge in [0.05, 0.1) is 19.3 Å². The van der Waals surface area contributed by atoms with E-state index in [0.29, 0.717) is 55.7 Å². The number of benzene rings is 2. The molecule has 1 amide bonds. The van der Waals surface area contributed by atoms with Crippen molar-refractivity contribution >= 4 is 5.91 Å². The van der Waals surface area contributed by atoms with Gasteiger partial charge in [-0.1, -0.05) is 6.07 Å². The Morgan fingerprint density at radius 1 is 1.06 bits per heavy atom. The number of hydrogen-bond donors (Lipinski definition) is 0. The van der Waals surface area contributed by atoms with Crippen LogP contribution in [0.4, 0.5) is 4.39 Å². The Balaban J connectivity index is 1.28. The van der Waals surface area contributed by atoms with Crippen LogP contribution in [0, 0.1) is 5.82 Å². The largest absolute Gasteiger partial charge is 0.497 e. The summed E-state index contributed by atoms with van der Waals surface area (Å²) in [5.74, 6) is 1.57. The molecule has 162 valence electrons. The normalized spacial score (nSPS) is 14.5. The first-order chi connectivity index (χ1) is 15.1. The number of aromatic nitrogens is 4. The average molecular weight is 426 g/mol. The van der Waals surface area contributed by atoms with Gasteiger partial charge < -0.3 is 14.4 Å². The number of halogens is 1. The maximum Gasteiger partial charge on any atom is 0.260 e. The number of methoxy groups -OCH3 is 1. The lowest BCUT2D eigenvalue weighted by atomic mass is 10.3. The fourth-order valence-corrected chi connectivity index (χ4v) is 3.37. The number of tetrazole rings is 1. The molecule has 31 heavy (non-hydrogen) atoms. The van der Waals surface area contributed by atoms with Crippen LogP contribution in [0.5, 0.6) is 11.5 Å². The van der Waals surface area contributed by atoms with Crippen molar-refractivity contribution in [3.05, 3.63) is 60.2 Å². The van der Waals surface area contributed by atoms with Crippen molar-refractivity contribution in [2.75, 3.05) is 39.9 Å². The maximum atomic E-state index is 13.2. The van der Waals surface area contributed by atoms with E-state index < -0.39 is 0 Å². The third kappa shape index (κ3) is 5.15. The molecule has 2 heterocycles. The first kappa shape index (κ1) is 20.7. The highest BCUT2D eigenvalue weighted by Gasteiger charge is 2.23. The molecule has 0 saturated carbocycles. The molecule has 10 heteroatoms. The van der Waals surface area contributed by atoms with Crippen LogP contribution in [-0.2, 0) is 11.3 Å². The molecule has 0 atom stereocenters. The molecule has 1 aliphatic rings. The van der Waals surface area contributed by atoms with Crippen LogP contribution in [0.25, 0.3) is 5.69 Å². The van der Waals surface area contributed by atoms with Crippen LogP contribution in [0.1, 0.15) is 5.82 Å².